The fraction of sp³-hybridized carbons (Fsp3) is 0.909. The smallest absolute Gasteiger partial charge is 0.304 e. The second-order valence-electron chi connectivity index (χ2n) is 4.08. The Bertz CT molecular complexity index is 171. The molecule has 14 heavy (non-hydrogen) atoms. The standard InChI is InChI=1S/C11H23NO2/c1-4-6-9(5-2)8(3)10(12)7-11(13)14/h8-10H,4-7,12H2,1-3H3,(H,13,14). The molecule has 84 valence electrons. The van der Waals surface area contributed by atoms with Crippen LogP contribution in [0.25, 0.3) is 0 Å². The molecule has 3 N–H and O–H groups in total. The number of hydrogen-bond donors (Lipinski definition) is 2. The van der Waals surface area contributed by atoms with Crippen LogP contribution < -0.4 is 5.73 Å². The lowest BCUT2D eigenvalue weighted by molar-refractivity contribution is -0.137. The zero-order valence-corrected chi connectivity index (χ0v) is 9.49. The zero-order valence-electron chi connectivity index (χ0n) is 9.49. The van der Waals surface area contributed by atoms with E-state index in [1.807, 2.05) is 0 Å². The molecule has 3 atom stereocenters. The van der Waals surface area contributed by atoms with Crippen LogP contribution in [0.1, 0.15) is 46.5 Å². The van der Waals surface area contributed by atoms with Crippen molar-refractivity contribution >= 4 is 5.97 Å². The molecule has 0 spiro atoms. The van der Waals surface area contributed by atoms with Crippen molar-refractivity contribution in [1.82, 2.24) is 0 Å². The van der Waals surface area contributed by atoms with E-state index in [0.29, 0.717) is 11.8 Å². The Morgan fingerprint density at radius 2 is 2.00 bits per heavy atom. The summed E-state index contributed by atoms with van der Waals surface area (Å²) in [6, 6.07) is -0.205. The van der Waals surface area contributed by atoms with E-state index in [1.54, 1.807) is 0 Å². The Morgan fingerprint density at radius 3 is 2.36 bits per heavy atom. The predicted molar refractivity (Wildman–Crippen MR) is 58.1 cm³/mol. The maximum Gasteiger partial charge on any atom is 0.304 e. The lowest BCUT2D eigenvalue weighted by Gasteiger charge is -2.26. The van der Waals surface area contributed by atoms with Crippen LogP contribution in [0.4, 0.5) is 0 Å². The van der Waals surface area contributed by atoms with E-state index in [1.165, 1.54) is 0 Å². The van der Waals surface area contributed by atoms with Crippen molar-refractivity contribution in [3.8, 4) is 0 Å². The minimum atomic E-state index is -0.796. The zero-order chi connectivity index (χ0) is 11.1. The van der Waals surface area contributed by atoms with Crippen molar-refractivity contribution in [3.05, 3.63) is 0 Å². The van der Waals surface area contributed by atoms with Gasteiger partial charge in [-0.05, 0) is 11.8 Å². The van der Waals surface area contributed by atoms with Gasteiger partial charge in [0, 0.05) is 6.04 Å². The molecule has 0 amide bonds. The summed E-state index contributed by atoms with van der Waals surface area (Å²) in [5.41, 5.74) is 5.84. The molecule has 0 aromatic carbocycles. The highest BCUT2D eigenvalue weighted by molar-refractivity contribution is 5.67. The topological polar surface area (TPSA) is 63.3 Å². The summed E-state index contributed by atoms with van der Waals surface area (Å²) in [5, 5.41) is 8.64. The fourth-order valence-electron chi connectivity index (χ4n) is 1.95. The number of carbonyl (C=O) groups is 1. The van der Waals surface area contributed by atoms with Crippen LogP contribution >= 0.6 is 0 Å². The van der Waals surface area contributed by atoms with Crippen LogP contribution in [0, 0.1) is 11.8 Å². The summed E-state index contributed by atoms with van der Waals surface area (Å²) in [6.07, 6.45) is 3.46. The average Bonchev–Trinajstić information content (AvgIpc) is 2.12. The van der Waals surface area contributed by atoms with Gasteiger partial charge >= 0.3 is 5.97 Å². The van der Waals surface area contributed by atoms with Crippen molar-refractivity contribution in [2.75, 3.05) is 0 Å². The molecule has 0 heterocycles. The van der Waals surface area contributed by atoms with Gasteiger partial charge in [0.1, 0.15) is 0 Å². The van der Waals surface area contributed by atoms with E-state index in [4.69, 9.17) is 10.8 Å². The van der Waals surface area contributed by atoms with Crippen LogP contribution in [-0.2, 0) is 4.79 Å². The van der Waals surface area contributed by atoms with E-state index >= 15 is 0 Å². The second kappa shape index (κ2) is 6.82. The number of carboxylic acids is 1. The first-order chi connectivity index (χ1) is 6.52. The molecule has 0 saturated heterocycles. The van der Waals surface area contributed by atoms with Gasteiger partial charge in [-0.2, -0.15) is 0 Å². The quantitative estimate of drug-likeness (QED) is 0.664. The molecule has 0 aromatic rings. The SMILES string of the molecule is CCCC(CC)C(C)C(N)CC(=O)O. The Kier molecular flexibility index (Phi) is 6.54. The van der Waals surface area contributed by atoms with Gasteiger partial charge in [-0.1, -0.05) is 40.0 Å². The summed E-state index contributed by atoms with van der Waals surface area (Å²) in [4.78, 5) is 10.5. The van der Waals surface area contributed by atoms with E-state index in [2.05, 4.69) is 20.8 Å². The van der Waals surface area contributed by atoms with Gasteiger partial charge in [-0.15, -0.1) is 0 Å². The minimum absolute atomic E-state index is 0.0847. The van der Waals surface area contributed by atoms with E-state index in [0.717, 1.165) is 19.3 Å². The van der Waals surface area contributed by atoms with Crippen LogP contribution in [0.5, 0.6) is 0 Å². The third kappa shape index (κ3) is 4.61. The third-order valence-corrected chi connectivity index (χ3v) is 3.01. The molecule has 0 fully saturated rings. The summed E-state index contributed by atoms with van der Waals surface area (Å²) in [5.74, 6) is 0.0705. The molecule has 0 aliphatic rings. The monoisotopic (exact) mass is 201 g/mol. The van der Waals surface area contributed by atoms with Crippen LogP contribution in [0.15, 0.2) is 0 Å². The van der Waals surface area contributed by atoms with Gasteiger partial charge in [0.05, 0.1) is 6.42 Å². The van der Waals surface area contributed by atoms with Crippen molar-refractivity contribution in [1.29, 1.82) is 0 Å². The highest BCUT2D eigenvalue weighted by atomic mass is 16.4. The summed E-state index contributed by atoms with van der Waals surface area (Å²) in [6.45, 7) is 6.36. The second-order valence-corrected chi connectivity index (χ2v) is 4.08. The summed E-state index contributed by atoms with van der Waals surface area (Å²) in [7, 11) is 0. The lowest BCUT2D eigenvalue weighted by atomic mass is 9.82. The van der Waals surface area contributed by atoms with Gasteiger partial charge in [-0.3, -0.25) is 4.79 Å². The normalized spacial score (nSPS) is 17.4. The van der Waals surface area contributed by atoms with Crippen molar-refractivity contribution < 1.29 is 9.90 Å². The van der Waals surface area contributed by atoms with Crippen LogP contribution in [0.3, 0.4) is 0 Å². The minimum Gasteiger partial charge on any atom is -0.481 e. The molecule has 3 unspecified atom stereocenters. The maximum atomic E-state index is 10.5. The first kappa shape index (κ1) is 13.4. The first-order valence-electron chi connectivity index (χ1n) is 5.50. The first-order valence-corrected chi connectivity index (χ1v) is 5.50. The number of hydrogen-bond acceptors (Lipinski definition) is 2. The predicted octanol–water partition coefficient (Wildman–Crippen LogP) is 2.25. The lowest BCUT2D eigenvalue weighted by Crippen LogP contribution is -2.35. The maximum absolute atomic E-state index is 10.5. The number of carboxylic acid groups (broad SMARTS) is 1. The molecule has 0 aliphatic carbocycles. The average molecular weight is 201 g/mol. The van der Waals surface area contributed by atoms with E-state index < -0.39 is 5.97 Å². The van der Waals surface area contributed by atoms with Gasteiger partial charge in [0.15, 0.2) is 0 Å². The van der Waals surface area contributed by atoms with Crippen LogP contribution in [-0.4, -0.2) is 17.1 Å². The Balaban J connectivity index is 4.11. The van der Waals surface area contributed by atoms with E-state index in [9.17, 15) is 4.79 Å². The molecule has 0 rings (SSSR count). The van der Waals surface area contributed by atoms with E-state index in [-0.39, 0.29) is 12.5 Å². The van der Waals surface area contributed by atoms with Crippen molar-refractivity contribution in [3.63, 3.8) is 0 Å². The third-order valence-electron chi connectivity index (χ3n) is 3.01. The molecule has 3 heteroatoms. The highest BCUT2D eigenvalue weighted by Gasteiger charge is 2.22. The van der Waals surface area contributed by atoms with Gasteiger partial charge < -0.3 is 10.8 Å². The number of rotatable bonds is 7. The molecular weight excluding hydrogens is 178 g/mol. The fourth-order valence-corrected chi connectivity index (χ4v) is 1.95. The Hall–Kier alpha value is -0.570. The Morgan fingerprint density at radius 1 is 1.43 bits per heavy atom. The summed E-state index contributed by atoms with van der Waals surface area (Å²) >= 11 is 0. The number of aliphatic carboxylic acids is 1. The molecule has 0 aromatic heterocycles. The highest BCUT2D eigenvalue weighted by Crippen LogP contribution is 2.24. The van der Waals surface area contributed by atoms with Crippen molar-refractivity contribution in [2.24, 2.45) is 17.6 Å². The van der Waals surface area contributed by atoms with Gasteiger partial charge in [-0.25, -0.2) is 0 Å². The summed E-state index contributed by atoms with van der Waals surface area (Å²) < 4.78 is 0. The molecule has 0 radical (unpaired) electrons. The molecular formula is C11H23NO2. The number of nitrogens with two attached hydrogens (primary N) is 1. The van der Waals surface area contributed by atoms with Crippen molar-refractivity contribution in [2.45, 2.75) is 52.5 Å². The van der Waals surface area contributed by atoms with Gasteiger partial charge in [0.2, 0.25) is 0 Å². The van der Waals surface area contributed by atoms with Crippen LogP contribution in [0.2, 0.25) is 0 Å². The molecule has 0 aliphatic heterocycles. The molecule has 3 nitrogen and oxygen atoms in total. The Labute approximate surface area is 86.7 Å². The molecule has 0 bridgehead atoms. The largest absolute Gasteiger partial charge is 0.481 e. The molecule has 0 saturated carbocycles. The van der Waals surface area contributed by atoms with Gasteiger partial charge in [0.25, 0.3) is 0 Å².